The molecular formula is C20H26. The normalized spacial score (nSPS) is 14.0. The Kier molecular flexibility index (Phi) is 5.00. The summed E-state index contributed by atoms with van der Waals surface area (Å²) in [5.74, 6) is 1.23. The summed E-state index contributed by atoms with van der Waals surface area (Å²) in [5.41, 5.74) is 5.84. The third-order valence-corrected chi connectivity index (χ3v) is 4.47. The van der Waals surface area contributed by atoms with E-state index in [9.17, 15) is 0 Å². The van der Waals surface area contributed by atoms with Crippen molar-refractivity contribution in [3.8, 4) is 11.1 Å². The van der Waals surface area contributed by atoms with Gasteiger partial charge in [-0.1, -0.05) is 76.2 Å². The van der Waals surface area contributed by atoms with Crippen LogP contribution in [0.4, 0.5) is 0 Å². The number of rotatable bonds is 5. The van der Waals surface area contributed by atoms with Crippen molar-refractivity contribution in [2.24, 2.45) is 0 Å². The number of hydrogen-bond donors (Lipinski definition) is 0. The summed E-state index contributed by atoms with van der Waals surface area (Å²) in [7, 11) is 0. The molecule has 0 aromatic heterocycles. The monoisotopic (exact) mass is 266 g/mol. The highest BCUT2D eigenvalue weighted by Gasteiger charge is 2.17. The molecule has 2 aromatic rings. The molecular weight excluding hydrogens is 240 g/mol. The summed E-state index contributed by atoms with van der Waals surface area (Å²) in [6.07, 6.45) is 2.38. The van der Waals surface area contributed by atoms with Gasteiger partial charge in [0.2, 0.25) is 0 Å². The number of benzene rings is 2. The van der Waals surface area contributed by atoms with Gasteiger partial charge in [0, 0.05) is 0 Å². The molecule has 0 heterocycles. The van der Waals surface area contributed by atoms with Crippen LogP contribution in [-0.2, 0) is 0 Å². The lowest BCUT2D eigenvalue weighted by atomic mass is 9.82. The van der Waals surface area contributed by atoms with Gasteiger partial charge in [-0.25, -0.2) is 0 Å². The van der Waals surface area contributed by atoms with Gasteiger partial charge >= 0.3 is 0 Å². The van der Waals surface area contributed by atoms with Gasteiger partial charge in [-0.3, -0.25) is 0 Å². The van der Waals surface area contributed by atoms with Crippen LogP contribution >= 0.6 is 0 Å². The van der Waals surface area contributed by atoms with E-state index in [-0.39, 0.29) is 0 Å². The van der Waals surface area contributed by atoms with Gasteiger partial charge in [0.25, 0.3) is 0 Å². The minimum atomic E-state index is 0.607. The Balaban J connectivity index is 2.62. The molecule has 0 saturated carbocycles. The van der Waals surface area contributed by atoms with Gasteiger partial charge in [-0.05, 0) is 46.9 Å². The van der Waals surface area contributed by atoms with Crippen LogP contribution in [0.3, 0.4) is 0 Å². The second-order valence-electron chi connectivity index (χ2n) is 5.79. The van der Waals surface area contributed by atoms with Crippen molar-refractivity contribution in [2.45, 2.75) is 52.4 Å². The maximum absolute atomic E-state index is 2.35. The van der Waals surface area contributed by atoms with Crippen LogP contribution in [-0.4, -0.2) is 0 Å². The van der Waals surface area contributed by atoms with Crippen LogP contribution in [0.25, 0.3) is 11.1 Å². The van der Waals surface area contributed by atoms with Crippen molar-refractivity contribution >= 4 is 0 Å². The Morgan fingerprint density at radius 1 is 0.750 bits per heavy atom. The van der Waals surface area contributed by atoms with Crippen LogP contribution in [0.2, 0.25) is 0 Å². The molecule has 2 atom stereocenters. The predicted molar refractivity (Wildman–Crippen MR) is 89.3 cm³/mol. The van der Waals surface area contributed by atoms with E-state index in [1.807, 2.05) is 0 Å². The third-order valence-electron chi connectivity index (χ3n) is 4.47. The van der Waals surface area contributed by atoms with E-state index in [2.05, 4.69) is 76.2 Å². The van der Waals surface area contributed by atoms with Crippen LogP contribution in [0.1, 0.15) is 63.5 Å². The van der Waals surface area contributed by atoms with Crippen LogP contribution in [0.15, 0.2) is 48.5 Å². The first-order chi connectivity index (χ1) is 9.69. The van der Waals surface area contributed by atoms with Gasteiger partial charge in [-0.15, -0.1) is 0 Å². The summed E-state index contributed by atoms with van der Waals surface area (Å²) < 4.78 is 0. The molecule has 0 spiro atoms. The minimum absolute atomic E-state index is 0.607. The van der Waals surface area contributed by atoms with Gasteiger partial charge in [0.1, 0.15) is 0 Å². The standard InChI is InChI=1S/C20H26/c1-5-15(3)18-13-10-14-19(20(18)16(4)6-2)17-11-8-7-9-12-17/h7-16H,5-6H2,1-4H3/t15-,16+/m1/s1. The van der Waals surface area contributed by atoms with Crippen molar-refractivity contribution in [3.63, 3.8) is 0 Å². The Morgan fingerprint density at radius 3 is 2.00 bits per heavy atom. The highest BCUT2D eigenvalue weighted by molar-refractivity contribution is 5.69. The summed E-state index contributed by atoms with van der Waals surface area (Å²) in [5, 5.41) is 0. The van der Waals surface area contributed by atoms with E-state index in [0.29, 0.717) is 11.8 Å². The first-order valence-corrected chi connectivity index (χ1v) is 7.87. The first-order valence-electron chi connectivity index (χ1n) is 7.87. The zero-order valence-corrected chi connectivity index (χ0v) is 13.2. The lowest BCUT2D eigenvalue weighted by Crippen LogP contribution is -2.04. The molecule has 0 heteroatoms. The SMILES string of the molecule is CC[C@@H](C)c1cccc(-c2ccccc2)c1[C@@H](C)CC. The van der Waals surface area contributed by atoms with Gasteiger partial charge in [-0.2, -0.15) is 0 Å². The molecule has 2 rings (SSSR count). The fraction of sp³-hybridized carbons (Fsp3) is 0.400. The molecule has 0 nitrogen and oxygen atoms in total. The fourth-order valence-corrected chi connectivity index (χ4v) is 2.86. The van der Waals surface area contributed by atoms with Crippen LogP contribution in [0.5, 0.6) is 0 Å². The van der Waals surface area contributed by atoms with Crippen molar-refractivity contribution in [1.29, 1.82) is 0 Å². The number of hydrogen-bond acceptors (Lipinski definition) is 0. The molecule has 0 bridgehead atoms. The quantitative estimate of drug-likeness (QED) is 0.589. The molecule has 0 amide bonds. The molecule has 0 radical (unpaired) electrons. The summed E-state index contributed by atoms with van der Waals surface area (Å²) in [6, 6.07) is 17.6. The average molecular weight is 266 g/mol. The Hall–Kier alpha value is -1.56. The second-order valence-corrected chi connectivity index (χ2v) is 5.79. The zero-order chi connectivity index (χ0) is 14.5. The Labute approximate surface area is 123 Å². The minimum Gasteiger partial charge on any atom is -0.0648 e. The fourth-order valence-electron chi connectivity index (χ4n) is 2.86. The molecule has 0 aliphatic heterocycles. The van der Waals surface area contributed by atoms with Crippen LogP contribution in [0, 0.1) is 0 Å². The van der Waals surface area contributed by atoms with E-state index in [0.717, 1.165) is 0 Å². The topological polar surface area (TPSA) is 0 Å². The molecule has 20 heavy (non-hydrogen) atoms. The largest absolute Gasteiger partial charge is 0.0648 e. The molecule has 2 aromatic carbocycles. The van der Waals surface area contributed by atoms with E-state index in [1.54, 1.807) is 5.56 Å². The van der Waals surface area contributed by atoms with Gasteiger partial charge < -0.3 is 0 Å². The van der Waals surface area contributed by atoms with Gasteiger partial charge in [0.15, 0.2) is 0 Å². The van der Waals surface area contributed by atoms with E-state index >= 15 is 0 Å². The summed E-state index contributed by atoms with van der Waals surface area (Å²) in [6.45, 7) is 9.26. The zero-order valence-electron chi connectivity index (χ0n) is 13.2. The first kappa shape index (κ1) is 14.8. The van der Waals surface area contributed by atoms with E-state index in [1.165, 1.54) is 29.5 Å². The molecule has 0 N–H and O–H groups in total. The van der Waals surface area contributed by atoms with E-state index in [4.69, 9.17) is 0 Å². The van der Waals surface area contributed by atoms with Crippen molar-refractivity contribution in [2.75, 3.05) is 0 Å². The Morgan fingerprint density at radius 2 is 1.40 bits per heavy atom. The third kappa shape index (κ3) is 2.95. The highest BCUT2D eigenvalue weighted by atomic mass is 14.2. The molecule has 0 saturated heterocycles. The second kappa shape index (κ2) is 6.74. The highest BCUT2D eigenvalue weighted by Crippen LogP contribution is 2.37. The lowest BCUT2D eigenvalue weighted by molar-refractivity contribution is 0.678. The molecule has 0 unspecified atom stereocenters. The van der Waals surface area contributed by atoms with Crippen LogP contribution < -0.4 is 0 Å². The summed E-state index contributed by atoms with van der Waals surface area (Å²) >= 11 is 0. The van der Waals surface area contributed by atoms with Crippen molar-refractivity contribution in [1.82, 2.24) is 0 Å². The smallest absolute Gasteiger partial charge is 0.0146 e. The maximum Gasteiger partial charge on any atom is -0.0146 e. The summed E-state index contributed by atoms with van der Waals surface area (Å²) in [4.78, 5) is 0. The van der Waals surface area contributed by atoms with Gasteiger partial charge in [0.05, 0.1) is 0 Å². The maximum atomic E-state index is 2.35. The van der Waals surface area contributed by atoms with E-state index < -0.39 is 0 Å². The van der Waals surface area contributed by atoms with Crippen molar-refractivity contribution < 1.29 is 0 Å². The molecule has 106 valence electrons. The molecule has 0 aliphatic rings. The lowest BCUT2D eigenvalue weighted by Gasteiger charge is -2.23. The predicted octanol–water partition coefficient (Wildman–Crippen LogP) is 6.38. The molecule has 0 aliphatic carbocycles. The average Bonchev–Trinajstić information content (AvgIpc) is 2.53. The Bertz CT molecular complexity index is 539. The van der Waals surface area contributed by atoms with Crippen molar-refractivity contribution in [3.05, 3.63) is 59.7 Å². The molecule has 0 fully saturated rings.